The molecule has 0 saturated heterocycles. The highest BCUT2D eigenvalue weighted by Crippen LogP contribution is 2.14. The third-order valence-corrected chi connectivity index (χ3v) is 12.4. The van der Waals surface area contributed by atoms with Crippen molar-refractivity contribution < 1.29 is 28.6 Å². The highest BCUT2D eigenvalue weighted by atomic mass is 16.6. The molecule has 0 saturated carbocycles. The number of unbranched alkanes of at least 4 members (excludes halogenated alkanes) is 22. The SMILES string of the molecule is CC/C=C\C/C=C\C/C=C\C/C=C\C/C=C\CCCCCC(=O)OC[C@@H](COC(=O)CCCCCCCCC/C=C\C/C=C\CCCCC)OC(=O)CCCCCCCC/C=C\C/C=C\C/C=C\CCCCC. The van der Waals surface area contributed by atoms with Gasteiger partial charge in [-0.2, -0.15) is 0 Å². The monoisotopic (exact) mass is 1010 g/mol. The molecule has 0 rings (SSSR count). The maximum Gasteiger partial charge on any atom is 0.306 e. The van der Waals surface area contributed by atoms with Crippen molar-refractivity contribution in [2.45, 2.75) is 271 Å². The molecule has 0 N–H and O–H groups in total. The fraction of sp³-hybridized carbons (Fsp3) is 0.657. The van der Waals surface area contributed by atoms with Gasteiger partial charge >= 0.3 is 17.9 Å². The summed E-state index contributed by atoms with van der Waals surface area (Å²) < 4.78 is 16.9. The maximum atomic E-state index is 12.9. The van der Waals surface area contributed by atoms with Gasteiger partial charge in [-0.1, -0.05) is 232 Å². The van der Waals surface area contributed by atoms with E-state index in [0.717, 1.165) is 135 Å². The summed E-state index contributed by atoms with van der Waals surface area (Å²) in [7, 11) is 0. The van der Waals surface area contributed by atoms with Gasteiger partial charge in [-0.15, -0.1) is 0 Å². The molecule has 0 aliphatic rings. The van der Waals surface area contributed by atoms with Crippen molar-refractivity contribution in [1.82, 2.24) is 0 Å². The van der Waals surface area contributed by atoms with Gasteiger partial charge in [-0.3, -0.25) is 14.4 Å². The number of hydrogen-bond acceptors (Lipinski definition) is 6. The molecule has 0 radical (unpaired) electrons. The van der Waals surface area contributed by atoms with Gasteiger partial charge < -0.3 is 14.2 Å². The second-order valence-corrected chi connectivity index (χ2v) is 19.5. The summed E-state index contributed by atoms with van der Waals surface area (Å²) in [5, 5.41) is 0. The number of carbonyl (C=O) groups excluding carboxylic acids is 3. The number of rotatable bonds is 53. The standard InChI is InChI=1S/C67H110O6/c1-4-7-10-13-16-19-22-25-28-31-33-36-39-42-45-48-51-54-57-60-66(69)72-63-64(62-71-65(68)59-56-53-50-47-44-41-38-35-30-27-24-21-18-15-12-9-6-3)73-67(70)61-58-55-52-49-46-43-40-37-34-32-29-26-23-20-17-14-11-8-5-2/h7,10,16-21,25-30,33-34,36-37,42,45,64H,4-6,8-9,11-15,22-24,31-32,35,38-41,43-44,46-63H2,1-3H3/b10-7-,19-16-,20-17-,21-18-,28-25-,29-26-,30-27-,36-33-,37-34-,45-42-/t64-/m1/s1. The van der Waals surface area contributed by atoms with Crippen LogP contribution in [-0.2, 0) is 28.6 Å². The van der Waals surface area contributed by atoms with E-state index >= 15 is 0 Å². The van der Waals surface area contributed by atoms with Gasteiger partial charge in [-0.25, -0.2) is 0 Å². The van der Waals surface area contributed by atoms with Crippen molar-refractivity contribution >= 4 is 17.9 Å². The lowest BCUT2D eigenvalue weighted by Crippen LogP contribution is -2.30. The van der Waals surface area contributed by atoms with Gasteiger partial charge in [-0.05, 0) is 135 Å². The van der Waals surface area contributed by atoms with Crippen LogP contribution in [0.25, 0.3) is 0 Å². The van der Waals surface area contributed by atoms with Crippen LogP contribution in [0.1, 0.15) is 265 Å². The average Bonchev–Trinajstić information content (AvgIpc) is 3.39. The van der Waals surface area contributed by atoms with Gasteiger partial charge in [0.1, 0.15) is 13.2 Å². The summed E-state index contributed by atoms with van der Waals surface area (Å²) in [4.78, 5) is 38.3. The summed E-state index contributed by atoms with van der Waals surface area (Å²) >= 11 is 0. The molecule has 1 atom stereocenters. The van der Waals surface area contributed by atoms with Crippen LogP contribution in [0, 0.1) is 0 Å². The molecule has 0 bridgehead atoms. The molecule has 0 aromatic heterocycles. The first-order chi connectivity index (χ1) is 36.0. The molecule has 0 aromatic rings. The van der Waals surface area contributed by atoms with E-state index in [1.807, 2.05) is 0 Å². The lowest BCUT2D eigenvalue weighted by molar-refractivity contribution is -0.167. The topological polar surface area (TPSA) is 78.9 Å². The number of allylic oxidation sites excluding steroid dienone is 20. The molecule has 0 spiro atoms. The van der Waals surface area contributed by atoms with E-state index in [0.29, 0.717) is 19.3 Å². The fourth-order valence-corrected chi connectivity index (χ4v) is 7.92. The molecule has 0 unspecified atom stereocenters. The molecular formula is C67H110O6. The Kier molecular flexibility index (Phi) is 56.9. The summed E-state index contributed by atoms with van der Waals surface area (Å²) in [6.07, 6.45) is 83.2. The van der Waals surface area contributed by atoms with Gasteiger partial charge in [0.25, 0.3) is 0 Å². The minimum Gasteiger partial charge on any atom is -0.462 e. The van der Waals surface area contributed by atoms with E-state index in [-0.39, 0.29) is 31.1 Å². The highest BCUT2D eigenvalue weighted by molar-refractivity contribution is 5.71. The van der Waals surface area contributed by atoms with Crippen molar-refractivity contribution in [3.8, 4) is 0 Å². The minimum atomic E-state index is -0.807. The highest BCUT2D eigenvalue weighted by Gasteiger charge is 2.19. The van der Waals surface area contributed by atoms with Crippen LogP contribution in [0.5, 0.6) is 0 Å². The molecule has 0 aliphatic carbocycles. The first-order valence-corrected chi connectivity index (χ1v) is 30.0. The Morgan fingerprint density at radius 3 is 0.849 bits per heavy atom. The van der Waals surface area contributed by atoms with Crippen LogP contribution < -0.4 is 0 Å². The summed E-state index contributed by atoms with van der Waals surface area (Å²) in [5.74, 6) is -0.953. The Hall–Kier alpha value is -4.19. The zero-order chi connectivity index (χ0) is 52.9. The zero-order valence-electron chi connectivity index (χ0n) is 47.4. The smallest absolute Gasteiger partial charge is 0.306 e. The summed E-state index contributed by atoms with van der Waals surface area (Å²) in [6.45, 7) is 6.43. The molecule has 6 nitrogen and oxygen atoms in total. The Labute approximate surface area is 450 Å². The normalized spacial score (nSPS) is 13.0. The van der Waals surface area contributed by atoms with Crippen molar-refractivity contribution in [3.63, 3.8) is 0 Å². The van der Waals surface area contributed by atoms with Crippen molar-refractivity contribution in [2.75, 3.05) is 13.2 Å². The third-order valence-electron chi connectivity index (χ3n) is 12.4. The van der Waals surface area contributed by atoms with Crippen LogP contribution in [0.2, 0.25) is 0 Å². The minimum absolute atomic E-state index is 0.101. The molecule has 0 heterocycles. The predicted molar refractivity (Wildman–Crippen MR) is 316 cm³/mol. The van der Waals surface area contributed by atoms with Crippen molar-refractivity contribution in [2.24, 2.45) is 0 Å². The lowest BCUT2D eigenvalue weighted by atomic mass is 10.1. The molecule has 73 heavy (non-hydrogen) atoms. The van der Waals surface area contributed by atoms with Crippen LogP contribution in [0.3, 0.4) is 0 Å². The van der Waals surface area contributed by atoms with Crippen LogP contribution >= 0.6 is 0 Å². The number of hydrogen-bond donors (Lipinski definition) is 0. The quantitative estimate of drug-likeness (QED) is 0.0261. The van der Waals surface area contributed by atoms with Gasteiger partial charge in [0.2, 0.25) is 0 Å². The molecule has 0 aromatic carbocycles. The summed E-state index contributed by atoms with van der Waals surface area (Å²) in [5.41, 5.74) is 0. The lowest BCUT2D eigenvalue weighted by Gasteiger charge is -2.18. The second kappa shape index (κ2) is 60.4. The van der Waals surface area contributed by atoms with Gasteiger partial charge in [0.05, 0.1) is 0 Å². The van der Waals surface area contributed by atoms with E-state index in [2.05, 4.69) is 142 Å². The van der Waals surface area contributed by atoms with Crippen LogP contribution in [0.15, 0.2) is 122 Å². The van der Waals surface area contributed by atoms with Crippen LogP contribution in [-0.4, -0.2) is 37.2 Å². The summed E-state index contributed by atoms with van der Waals surface area (Å²) in [6, 6.07) is 0. The molecule has 0 aliphatic heterocycles. The van der Waals surface area contributed by atoms with E-state index < -0.39 is 6.10 Å². The maximum absolute atomic E-state index is 12.9. The Morgan fingerprint density at radius 2 is 0.534 bits per heavy atom. The Balaban J connectivity index is 4.51. The largest absolute Gasteiger partial charge is 0.462 e. The van der Waals surface area contributed by atoms with Gasteiger partial charge in [0, 0.05) is 19.3 Å². The van der Waals surface area contributed by atoms with Crippen molar-refractivity contribution in [3.05, 3.63) is 122 Å². The molecule has 0 fully saturated rings. The first kappa shape index (κ1) is 68.8. The van der Waals surface area contributed by atoms with Crippen LogP contribution in [0.4, 0.5) is 0 Å². The fourth-order valence-electron chi connectivity index (χ4n) is 7.92. The average molecular weight is 1010 g/mol. The van der Waals surface area contributed by atoms with Crippen molar-refractivity contribution in [1.29, 1.82) is 0 Å². The van der Waals surface area contributed by atoms with E-state index in [4.69, 9.17) is 14.2 Å². The molecule has 0 amide bonds. The zero-order valence-corrected chi connectivity index (χ0v) is 47.4. The number of carbonyl (C=O) groups is 3. The molecular weight excluding hydrogens is 901 g/mol. The van der Waals surface area contributed by atoms with E-state index in [1.54, 1.807) is 0 Å². The van der Waals surface area contributed by atoms with E-state index in [9.17, 15) is 14.4 Å². The van der Waals surface area contributed by atoms with E-state index in [1.165, 1.54) is 89.9 Å². The number of ether oxygens (including phenoxy) is 3. The molecule has 6 heteroatoms. The second-order valence-electron chi connectivity index (χ2n) is 19.5. The number of esters is 3. The Bertz CT molecular complexity index is 1540. The third kappa shape index (κ3) is 58.6. The predicted octanol–water partition coefficient (Wildman–Crippen LogP) is 20.4. The van der Waals surface area contributed by atoms with Gasteiger partial charge in [0.15, 0.2) is 6.10 Å². The molecule has 414 valence electrons. The Morgan fingerprint density at radius 1 is 0.288 bits per heavy atom. The first-order valence-electron chi connectivity index (χ1n) is 30.0.